The Morgan fingerprint density at radius 3 is 2.42 bits per heavy atom. The van der Waals surface area contributed by atoms with Gasteiger partial charge in [-0.15, -0.1) is 0 Å². The van der Waals surface area contributed by atoms with Gasteiger partial charge in [0, 0.05) is 28.4 Å². The van der Waals surface area contributed by atoms with E-state index in [0.717, 1.165) is 16.9 Å². The molecule has 0 bridgehead atoms. The number of benzene rings is 3. The summed E-state index contributed by atoms with van der Waals surface area (Å²) in [5, 5.41) is 8.24. The van der Waals surface area contributed by atoms with E-state index in [2.05, 4.69) is 5.32 Å². The minimum absolute atomic E-state index is 0.157. The Morgan fingerprint density at radius 1 is 1.03 bits per heavy atom. The maximum atomic E-state index is 14.0. The lowest BCUT2D eigenvalue weighted by Gasteiger charge is -2.43. The van der Waals surface area contributed by atoms with Gasteiger partial charge in [-0.1, -0.05) is 29.8 Å². The van der Waals surface area contributed by atoms with Gasteiger partial charge in [0.05, 0.1) is 26.5 Å². The predicted molar refractivity (Wildman–Crippen MR) is 146 cm³/mol. The van der Waals surface area contributed by atoms with Crippen molar-refractivity contribution >= 4 is 29.1 Å². The number of nitrogens with zero attached hydrogens (tertiary/aromatic N) is 3. The molecule has 1 aliphatic rings. The second-order valence-electron chi connectivity index (χ2n) is 9.19. The van der Waals surface area contributed by atoms with Crippen LogP contribution in [0.4, 0.5) is 5.69 Å². The van der Waals surface area contributed by atoms with Crippen LogP contribution in [0.2, 0.25) is 5.02 Å². The zero-order valence-electron chi connectivity index (χ0n) is 21.3. The van der Waals surface area contributed by atoms with Gasteiger partial charge < -0.3 is 14.8 Å². The summed E-state index contributed by atoms with van der Waals surface area (Å²) in [5.74, 6) is 0.743. The molecular formula is C29H27ClN4O4. The number of aromatic nitrogens is 2. The molecule has 1 N–H and O–H groups in total. The fourth-order valence-electron chi connectivity index (χ4n) is 4.69. The number of hydrogen-bond donors (Lipinski definition) is 1. The molecule has 0 spiro atoms. The summed E-state index contributed by atoms with van der Waals surface area (Å²) in [6.45, 7) is 2.14. The molecule has 1 aromatic heterocycles. The summed E-state index contributed by atoms with van der Waals surface area (Å²) in [4.78, 5) is 29.3. The topological polar surface area (TPSA) is 85.7 Å². The van der Waals surface area contributed by atoms with Crippen LogP contribution in [0.1, 0.15) is 23.0 Å². The lowest BCUT2D eigenvalue weighted by atomic mass is 9.93. The molecule has 0 saturated carbocycles. The average Bonchev–Trinajstić information content (AvgIpc) is 3.37. The number of rotatable bonds is 7. The molecule has 2 heterocycles. The monoisotopic (exact) mass is 530 g/mol. The molecule has 3 aromatic carbocycles. The van der Waals surface area contributed by atoms with Crippen LogP contribution in [0.15, 0.2) is 78.9 Å². The van der Waals surface area contributed by atoms with E-state index in [-0.39, 0.29) is 24.9 Å². The molecule has 0 radical (unpaired) electrons. The van der Waals surface area contributed by atoms with Crippen LogP contribution < -0.4 is 19.7 Å². The zero-order valence-corrected chi connectivity index (χ0v) is 22.0. The predicted octanol–water partition coefficient (Wildman–Crippen LogP) is 4.96. The first kappa shape index (κ1) is 25.4. The third-order valence-corrected chi connectivity index (χ3v) is 7.00. The number of amides is 2. The summed E-state index contributed by atoms with van der Waals surface area (Å²) in [5.41, 5.74) is 1.97. The number of nitrogens with one attached hydrogen (secondary N) is 1. The Bertz CT molecular complexity index is 1480. The van der Waals surface area contributed by atoms with Gasteiger partial charge in [0.25, 0.3) is 5.91 Å². The molecule has 2 amide bonds. The van der Waals surface area contributed by atoms with Gasteiger partial charge in [-0.3, -0.25) is 19.2 Å². The van der Waals surface area contributed by atoms with E-state index >= 15 is 0 Å². The van der Waals surface area contributed by atoms with E-state index in [9.17, 15) is 9.59 Å². The zero-order chi connectivity index (χ0) is 26.9. The van der Waals surface area contributed by atoms with Gasteiger partial charge in [0.15, 0.2) is 0 Å². The number of halogens is 1. The third kappa shape index (κ3) is 4.59. The first-order chi connectivity index (χ1) is 18.3. The Balaban J connectivity index is 1.52. The van der Waals surface area contributed by atoms with Gasteiger partial charge in [0.1, 0.15) is 22.7 Å². The number of methoxy groups -OCH3 is 2. The highest BCUT2D eigenvalue weighted by Gasteiger charge is 2.48. The van der Waals surface area contributed by atoms with E-state index in [1.54, 1.807) is 56.2 Å². The highest BCUT2D eigenvalue weighted by atomic mass is 35.5. The summed E-state index contributed by atoms with van der Waals surface area (Å²) >= 11 is 6.12. The largest absolute Gasteiger partial charge is 0.497 e. The standard InChI is InChI=1S/C29H27ClN4O4/c1-29(28(36)31-17-20-6-4-5-7-26(20)38-3)18-33-25(27(35)34(29)22-12-10-21(30)11-13-22)16-24(32-33)19-8-14-23(37-2)15-9-19/h4-16H,17-18H2,1-3H3,(H,31,36)/t29-/m1/s1. The molecule has 8 nitrogen and oxygen atoms in total. The van der Waals surface area contributed by atoms with Crippen molar-refractivity contribution in [3.63, 3.8) is 0 Å². The number of carbonyl (C=O) groups excluding carboxylic acids is 2. The number of anilines is 1. The van der Waals surface area contributed by atoms with Crippen LogP contribution in [0.25, 0.3) is 11.3 Å². The molecule has 0 unspecified atom stereocenters. The maximum Gasteiger partial charge on any atom is 0.277 e. The van der Waals surface area contributed by atoms with Crippen molar-refractivity contribution in [2.75, 3.05) is 19.1 Å². The summed E-state index contributed by atoms with van der Waals surface area (Å²) in [6.07, 6.45) is 0. The third-order valence-electron chi connectivity index (χ3n) is 6.75. The van der Waals surface area contributed by atoms with Crippen LogP contribution in [0, 0.1) is 0 Å². The fourth-order valence-corrected chi connectivity index (χ4v) is 4.82. The van der Waals surface area contributed by atoms with Crippen LogP contribution in [-0.4, -0.2) is 41.4 Å². The Kier molecular flexibility index (Phi) is 6.82. The van der Waals surface area contributed by atoms with Crippen LogP contribution in [0.3, 0.4) is 0 Å². The molecule has 0 saturated heterocycles. The number of hydrogen-bond acceptors (Lipinski definition) is 5. The van der Waals surface area contributed by atoms with E-state index in [1.165, 1.54) is 4.90 Å². The van der Waals surface area contributed by atoms with E-state index in [0.29, 0.717) is 27.8 Å². The summed E-state index contributed by atoms with van der Waals surface area (Å²) in [6, 6.07) is 23.5. The average molecular weight is 531 g/mol. The number of ether oxygens (including phenoxy) is 2. The lowest BCUT2D eigenvalue weighted by molar-refractivity contribution is -0.126. The van der Waals surface area contributed by atoms with Crippen molar-refractivity contribution < 1.29 is 19.1 Å². The molecule has 0 fully saturated rings. The smallest absolute Gasteiger partial charge is 0.277 e. The minimum Gasteiger partial charge on any atom is -0.497 e. The van der Waals surface area contributed by atoms with E-state index in [4.69, 9.17) is 26.2 Å². The minimum atomic E-state index is -1.27. The highest BCUT2D eigenvalue weighted by molar-refractivity contribution is 6.30. The van der Waals surface area contributed by atoms with Gasteiger partial charge in [-0.25, -0.2) is 0 Å². The summed E-state index contributed by atoms with van der Waals surface area (Å²) < 4.78 is 12.3. The number of para-hydroxylation sites is 1. The quantitative estimate of drug-likeness (QED) is 0.365. The van der Waals surface area contributed by atoms with Gasteiger partial charge in [-0.05, 0) is 67.6 Å². The number of carbonyl (C=O) groups is 2. The van der Waals surface area contributed by atoms with Gasteiger partial charge in [0.2, 0.25) is 5.91 Å². The van der Waals surface area contributed by atoms with Gasteiger partial charge in [-0.2, -0.15) is 5.10 Å². The van der Waals surface area contributed by atoms with Crippen LogP contribution >= 0.6 is 11.6 Å². The summed E-state index contributed by atoms with van der Waals surface area (Å²) in [7, 11) is 3.19. The first-order valence-electron chi connectivity index (χ1n) is 12.1. The fraction of sp³-hybridized carbons (Fsp3) is 0.207. The van der Waals surface area contributed by atoms with E-state index < -0.39 is 5.54 Å². The molecule has 38 heavy (non-hydrogen) atoms. The molecule has 1 atom stereocenters. The molecular weight excluding hydrogens is 504 g/mol. The van der Waals surface area contributed by atoms with Crippen molar-refractivity contribution in [3.05, 3.63) is 95.1 Å². The Hall–Kier alpha value is -4.30. The normalized spacial score (nSPS) is 16.6. The molecule has 5 rings (SSSR count). The molecule has 1 aliphatic heterocycles. The number of fused-ring (bicyclic) bond motifs is 1. The SMILES string of the molecule is COc1ccc(-c2cc3n(n2)C[C@](C)(C(=O)NCc2ccccc2OC)N(c2ccc(Cl)cc2)C3=O)cc1. The molecule has 4 aromatic rings. The van der Waals surface area contributed by atoms with Crippen molar-refractivity contribution in [1.82, 2.24) is 15.1 Å². The highest BCUT2D eigenvalue weighted by Crippen LogP contribution is 2.35. The van der Waals surface area contributed by atoms with Crippen molar-refractivity contribution in [2.24, 2.45) is 0 Å². The Labute approximate surface area is 225 Å². The van der Waals surface area contributed by atoms with E-state index in [1.807, 2.05) is 48.5 Å². The Morgan fingerprint density at radius 2 is 1.74 bits per heavy atom. The van der Waals surface area contributed by atoms with Crippen molar-refractivity contribution in [1.29, 1.82) is 0 Å². The van der Waals surface area contributed by atoms with Crippen molar-refractivity contribution in [2.45, 2.75) is 25.6 Å². The molecule has 194 valence electrons. The van der Waals surface area contributed by atoms with Crippen LogP contribution in [-0.2, 0) is 17.9 Å². The van der Waals surface area contributed by atoms with Gasteiger partial charge >= 0.3 is 0 Å². The molecule has 0 aliphatic carbocycles. The molecule has 9 heteroatoms. The second-order valence-corrected chi connectivity index (χ2v) is 9.62. The van der Waals surface area contributed by atoms with Crippen molar-refractivity contribution in [3.8, 4) is 22.8 Å². The second kappa shape index (κ2) is 10.2. The maximum absolute atomic E-state index is 14.0. The lowest BCUT2D eigenvalue weighted by Crippen LogP contribution is -2.64. The first-order valence-corrected chi connectivity index (χ1v) is 12.4. The van der Waals surface area contributed by atoms with Crippen LogP contribution in [0.5, 0.6) is 11.5 Å².